The summed E-state index contributed by atoms with van der Waals surface area (Å²) in [5.74, 6) is 0. The molecule has 1 saturated carbocycles. The Bertz CT molecular complexity index is 513. The average Bonchev–Trinajstić information content (AvgIpc) is 2.49. The lowest BCUT2D eigenvalue weighted by molar-refractivity contribution is 0.263. The summed E-state index contributed by atoms with van der Waals surface area (Å²) in [5.41, 5.74) is 0.860. The second kappa shape index (κ2) is 8.02. The fourth-order valence-corrected chi connectivity index (χ4v) is 3.34. The number of nitrogens with zero attached hydrogens (tertiary/aromatic N) is 1. The predicted octanol–water partition coefficient (Wildman–Crippen LogP) is 5.51. The van der Waals surface area contributed by atoms with Gasteiger partial charge >= 0.3 is 0 Å². The first kappa shape index (κ1) is 16.6. The van der Waals surface area contributed by atoms with Crippen LogP contribution in [0, 0.1) is 0 Å². The Labute approximate surface area is 142 Å². The van der Waals surface area contributed by atoms with Gasteiger partial charge in [0, 0.05) is 18.3 Å². The highest BCUT2D eigenvalue weighted by Crippen LogP contribution is 2.26. The molecule has 0 amide bonds. The maximum Gasteiger partial charge on any atom is 0.173 e. The Morgan fingerprint density at radius 2 is 2.00 bits per heavy atom. The van der Waals surface area contributed by atoms with E-state index < -0.39 is 0 Å². The molecule has 0 atom stereocenters. The van der Waals surface area contributed by atoms with E-state index in [0.29, 0.717) is 16.1 Å². The van der Waals surface area contributed by atoms with Gasteiger partial charge in [0.25, 0.3) is 0 Å². The minimum absolute atomic E-state index is 0.500. The van der Waals surface area contributed by atoms with E-state index in [0.717, 1.165) is 17.3 Å². The number of benzene rings is 1. The van der Waals surface area contributed by atoms with Crippen LogP contribution in [0.3, 0.4) is 0 Å². The van der Waals surface area contributed by atoms with E-state index in [9.17, 15) is 0 Å². The van der Waals surface area contributed by atoms with E-state index in [1.54, 1.807) is 12.1 Å². The molecule has 1 aromatic carbocycles. The van der Waals surface area contributed by atoms with Crippen molar-refractivity contribution in [2.75, 3.05) is 11.9 Å². The normalized spacial score (nSPS) is 15.5. The maximum absolute atomic E-state index is 6.04. The van der Waals surface area contributed by atoms with Crippen molar-refractivity contribution in [3.8, 4) is 0 Å². The second-order valence-corrected chi connectivity index (χ2v) is 6.49. The van der Waals surface area contributed by atoms with Crippen LogP contribution in [0.15, 0.2) is 30.9 Å². The Morgan fingerprint density at radius 1 is 1.29 bits per heavy atom. The number of halogens is 2. The molecule has 1 aliphatic carbocycles. The van der Waals surface area contributed by atoms with E-state index in [2.05, 4.69) is 16.8 Å². The first-order valence-electron chi connectivity index (χ1n) is 7.25. The van der Waals surface area contributed by atoms with Crippen LogP contribution < -0.4 is 5.32 Å². The lowest BCUT2D eigenvalue weighted by atomic mass is 9.94. The van der Waals surface area contributed by atoms with Crippen LogP contribution in [0.5, 0.6) is 0 Å². The van der Waals surface area contributed by atoms with E-state index in [1.807, 2.05) is 12.1 Å². The zero-order chi connectivity index (χ0) is 15.2. The maximum atomic E-state index is 6.04. The van der Waals surface area contributed by atoms with Crippen molar-refractivity contribution in [1.82, 2.24) is 4.90 Å². The highest BCUT2D eigenvalue weighted by atomic mass is 35.5. The Hall–Kier alpha value is -0.770. The molecule has 1 N–H and O–H groups in total. The van der Waals surface area contributed by atoms with Gasteiger partial charge in [-0.2, -0.15) is 0 Å². The number of nitrogens with one attached hydrogen (secondary N) is 1. The monoisotopic (exact) mass is 342 g/mol. The first-order chi connectivity index (χ1) is 10.1. The minimum Gasteiger partial charge on any atom is -0.342 e. The van der Waals surface area contributed by atoms with Crippen molar-refractivity contribution in [1.29, 1.82) is 0 Å². The molecule has 2 rings (SSSR count). The van der Waals surface area contributed by atoms with Crippen LogP contribution >= 0.6 is 35.4 Å². The lowest BCUT2D eigenvalue weighted by Crippen LogP contribution is -2.43. The molecule has 0 radical (unpaired) electrons. The molecule has 21 heavy (non-hydrogen) atoms. The molecule has 0 aliphatic heterocycles. The summed E-state index contributed by atoms with van der Waals surface area (Å²) in [5, 5.41) is 5.05. The molecule has 1 aliphatic rings. The van der Waals surface area contributed by atoms with E-state index in [1.165, 1.54) is 32.1 Å². The quantitative estimate of drug-likeness (QED) is 0.573. The molecule has 5 heteroatoms. The third-order valence-corrected chi connectivity index (χ3v) is 4.85. The van der Waals surface area contributed by atoms with Gasteiger partial charge in [-0.1, -0.05) is 48.5 Å². The van der Waals surface area contributed by atoms with Gasteiger partial charge in [0.2, 0.25) is 0 Å². The molecule has 0 saturated heterocycles. The molecule has 0 bridgehead atoms. The summed E-state index contributed by atoms with van der Waals surface area (Å²) in [6.45, 7) is 4.60. The molecule has 114 valence electrons. The van der Waals surface area contributed by atoms with Crippen LogP contribution in [0.1, 0.15) is 32.1 Å². The Balaban J connectivity index is 2.06. The van der Waals surface area contributed by atoms with Crippen molar-refractivity contribution in [3.63, 3.8) is 0 Å². The highest BCUT2D eigenvalue weighted by molar-refractivity contribution is 7.80. The summed E-state index contributed by atoms with van der Waals surface area (Å²) in [6, 6.07) is 5.95. The number of hydrogen-bond donors (Lipinski definition) is 1. The van der Waals surface area contributed by atoms with Crippen LogP contribution in [-0.4, -0.2) is 22.6 Å². The molecular weight excluding hydrogens is 323 g/mol. The molecule has 2 nitrogen and oxygen atoms in total. The van der Waals surface area contributed by atoms with Gasteiger partial charge in [0.15, 0.2) is 5.11 Å². The van der Waals surface area contributed by atoms with Gasteiger partial charge in [-0.3, -0.25) is 0 Å². The van der Waals surface area contributed by atoms with Gasteiger partial charge in [-0.05, 0) is 43.3 Å². The average molecular weight is 343 g/mol. The summed E-state index contributed by atoms with van der Waals surface area (Å²) in [7, 11) is 0. The third kappa shape index (κ3) is 4.60. The molecule has 0 heterocycles. The molecule has 1 fully saturated rings. The van der Waals surface area contributed by atoms with Crippen LogP contribution in [0.4, 0.5) is 5.69 Å². The molecular formula is C16H20Cl2N2S. The second-order valence-electron chi connectivity index (χ2n) is 5.29. The summed E-state index contributed by atoms with van der Waals surface area (Å²) >= 11 is 17.5. The van der Waals surface area contributed by atoms with Crippen molar-refractivity contribution < 1.29 is 0 Å². The van der Waals surface area contributed by atoms with Crippen LogP contribution in [0.2, 0.25) is 10.0 Å². The van der Waals surface area contributed by atoms with Crippen molar-refractivity contribution in [2.45, 2.75) is 38.1 Å². The van der Waals surface area contributed by atoms with E-state index in [4.69, 9.17) is 35.4 Å². The van der Waals surface area contributed by atoms with E-state index in [-0.39, 0.29) is 0 Å². The van der Waals surface area contributed by atoms with E-state index >= 15 is 0 Å². The first-order valence-corrected chi connectivity index (χ1v) is 8.42. The summed E-state index contributed by atoms with van der Waals surface area (Å²) < 4.78 is 0. The Kier molecular flexibility index (Phi) is 6.34. The zero-order valence-corrected chi connectivity index (χ0v) is 14.3. The highest BCUT2D eigenvalue weighted by Gasteiger charge is 2.22. The number of rotatable bonds is 4. The molecule has 0 unspecified atom stereocenters. The summed E-state index contributed by atoms with van der Waals surface area (Å²) in [4.78, 5) is 2.23. The third-order valence-electron chi connectivity index (χ3n) is 3.77. The van der Waals surface area contributed by atoms with Gasteiger partial charge < -0.3 is 10.2 Å². The number of anilines is 1. The standard InChI is InChI=1S/C16H20Cl2N2S/c1-2-10-20(13-6-4-3-5-7-13)16(21)19-12-8-9-14(17)15(18)11-12/h2,8-9,11,13H,1,3-7,10H2,(H,19,21). The minimum atomic E-state index is 0.500. The SMILES string of the molecule is C=CCN(C(=S)Nc1ccc(Cl)c(Cl)c1)C1CCCCC1. The van der Waals surface area contributed by atoms with Gasteiger partial charge in [0.1, 0.15) is 0 Å². The number of thiocarbonyl (C=S) groups is 1. The largest absolute Gasteiger partial charge is 0.342 e. The fourth-order valence-electron chi connectivity index (χ4n) is 2.70. The van der Waals surface area contributed by atoms with Crippen LogP contribution in [-0.2, 0) is 0 Å². The molecule has 0 aromatic heterocycles. The van der Waals surface area contributed by atoms with Crippen molar-refractivity contribution in [2.24, 2.45) is 0 Å². The zero-order valence-electron chi connectivity index (χ0n) is 11.9. The lowest BCUT2D eigenvalue weighted by Gasteiger charge is -2.35. The van der Waals surface area contributed by atoms with Crippen molar-refractivity contribution >= 4 is 46.2 Å². The fraction of sp³-hybridized carbons (Fsp3) is 0.438. The number of hydrogen-bond acceptors (Lipinski definition) is 1. The topological polar surface area (TPSA) is 15.3 Å². The summed E-state index contributed by atoms with van der Waals surface area (Å²) in [6.07, 6.45) is 8.15. The Morgan fingerprint density at radius 3 is 2.62 bits per heavy atom. The van der Waals surface area contributed by atoms with Gasteiger partial charge in [0.05, 0.1) is 10.0 Å². The molecule has 0 spiro atoms. The van der Waals surface area contributed by atoms with Gasteiger partial charge in [-0.15, -0.1) is 6.58 Å². The van der Waals surface area contributed by atoms with Crippen LogP contribution in [0.25, 0.3) is 0 Å². The predicted molar refractivity (Wildman–Crippen MR) is 96.5 cm³/mol. The van der Waals surface area contributed by atoms with Gasteiger partial charge in [-0.25, -0.2) is 0 Å². The molecule has 1 aromatic rings. The van der Waals surface area contributed by atoms with Crippen molar-refractivity contribution in [3.05, 3.63) is 40.9 Å². The smallest absolute Gasteiger partial charge is 0.173 e.